The van der Waals surface area contributed by atoms with Crippen LogP contribution < -0.4 is 10.1 Å². The smallest absolute Gasteiger partial charge is 0.359 e. The van der Waals surface area contributed by atoms with Gasteiger partial charge in [0, 0.05) is 11.3 Å². The number of hydrogen-bond acceptors (Lipinski definition) is 6. The fourth-order valence-electron chi connectivity index (χ4n) is 3.14. The minimum absolute atomic E-state index is 0.0858. The molecule has 1 N–H and O–H groups in total. The lowest BCUT2D eigenvalue weighted by Gasteiger charge is -2.17. The van der Waals surface area contributed by atoms with E-state index in [1.807, 2.05) is 51.1 Å². The number of benzene rings is 1. The molecule has 0 radical (unpaired) electrons. The Morgan fingerprint density at radius 3 is 2.61 bits per heavy atom. The average Bonchev–Trinajstić information content (AvgIpc) is 3.10. The highest BCUT2D eigenvalue weighted by Gasteiger charge is 2.19. The van der Waals surface area contributed by atoms with Crippen LogP contribution in [-0.4, -0.2) is 40.4 Å². The topological polar surface area (TPSA) is 95.3 Å². The zero-order valence-electron chi connectivity index (χ0n) is 17.7. The molecule has 9 heteroatoms. The minimum Gasteiger partial charge on any atom is -0.496 e. The van der Waals surface area contributed by atoms with E-state index < -0.39 is 18.5 Å². The zero-order chi connectivity index (χ0) is 22.5. The van der Waals surface area contributed by atoms with Gasteiger partial charge in [-0.2, -0.15) is 5.10 Å². The molecule has 0 saturated heterocycles. The number of nitrogens with zero attached hydrogens (tertiary/aromatic N) is 3. The van der Waals surface area contributed by atoms with Crippen molar-refractivity contribution < 1.29 is 19.1 Å². The molecule has 8 nitrogen and oxygen atoms in total. The molecule has 162 valence electrons. The molecule has 0 aliphatic rings. The van der Waals surface area contributed by atoms with Crippen LogP contribution in [0.3, 0.4) is 0 Å². The Morgan fingerprint density at radius 1 is 1.19 bits per heavy atom. The Morgan fingerprint density at radius 2 is 1.94 bits per heavy atom. The van der Waals surface area contributed by atoms with Crippen LogP contribution >= 0.6 is 11.6 Å². The van der Waals surface area contributed by atoms with Crippen LogP contribution in [-0.2, 0) is 9.53 Å². The Balaban J connectivity index is 1.66. The molecule has 2 aromatic heterocycles. The second-order valence-corrected chi connectivity index (χ2v) is 7.35. The number of methoxy groups -OCH3 is 1. The molecule has 0 saturated carbocycles. The van der Waals surface area contributed by atoms with E-state index in [0.717, 1.165) is 17.0 Å². The summed E-state index contributed by atoms with van der Waals surface area (Å²) < 4.78 is 12.0. The Labute approximate surface area is 185 Å². The monoisotopic (exact) mass is 442 g/mol. The second kappa shape index (κ2) is 9.61. The number of aryl methyl sites for hydroxylation is 2. The van der Waals surface area contributed by atoms with Gasteiger partial charge in [-0.1, -0.05) is 29.8 Å². The van der Waals surface area contributed by atoms with E-state index in [9.17, 15) is 9.59 Å². The highest BCUT2D eigenvalue weighted by Crippen LogP contribution is 2.24. The van der Waals surface area contributed by atoms with E-state index in [1.54, 1.807) is 23.9 Å². The zero-order valence-corrected chi connectivity index (χ0v) is 18.4. The molecule has 0 aliphatic carbocycles. The van der Waals surface area contributed by atoms with Gasteiger partial charge in [-0.3, -0.25) is 4.79 Å². The first-order valence-electron chi connectivity index (χ1n) is 9.59. The summed E-state index contributed by atoms with van der Waals surface area (Å²) in [5, 5.41) is 7.24. The molecule has 3 rings (SSSR count). The van der Waals surface area contributed by atoms with Gasteiger partial charge in [0.1, 0.15) is 5.75 Å². The normalized spacial score (nSPS) is 11.6. The van der Waals surface area contributed by atoms with Crippen molar-refractivity contribution >= 4 is 23.5 Å². The highest BCUT2D eigenvalue weighted by molar-refractivity contribution is 6.33. The lowest BCUT2D eigenvalue weighted by molar-refractivity contribution is -0.124. The lowest BCUT2D eigenvalue weighted by atomic mass is 10.1. The van der Waals surface area contributed by atoms with Gasteiger partial charge in [-0.15, -0.1) is 0 Å². The van der Waals surface area contributed by atoms with Gasteiger partial charge in [-0.25, -0.2) is 14.5 Å². The average molecular weight is 443 g/mol. The van der Waals surface area contributed by atoms with E-state index in [-0.39, 0.29) is 16.8 Å². The summed E-state index contributed by atoms with van der Waals surface area (Å²) in [6.07, 6.45) is 0. The van der Waals surface area contributed by atoms with E-state index in [2.05, 4.69) is 15.4 Å². The van der Waals surface area contributed by atoms with Crippen molar-refractivity contribution in [3.63, 3.8) is 0 Å². The standard InChI is InChI=1S/C22H23ClN4O4/c1-13-11-14(2)27(26-13)19-10-9-17(23)21(25-19)22(29)31-12-20(28)24-15(3)16-7-5-6-8-18(16)30-4/h5-11,15H,12H2,1-4H3,(H,24,28). The predicted molar refractivity (Wildman–Crippen MR) is 116 cm³/mol. The van der Waals surface area contributed by atoms with Gasteiger partial charge in [0.05, 0.1) is 23.9 Å². The summed E-state index contributed by atoms with van der Waals surface area (Å²) in [6.45, 7) is 5.08. The molecule has 1 atom stereocenters. The first-order chi connectivity index (χ1) is 14.8. The fraction of sp³-hybridized carbons (Fsp3) is 0.273. The Kier molecular flexibility index (Phi) is 6.91. The number of hydrogen-bond donors (Lipinski definition) is 1. The number of amides is 1. The van der Waals surface area contributed by atoms with Crippen molar-refractivity contribution in [2.75, 3.05) is 13.7 Å². The molecule has 1 aromatic carbocycles. The number of pyridine rings is 1. The summed E-state index contributed by atoms with van der Waals surface area (Å²) in [7, 11) is 1.56. The van der Waals surface area contributed by atoms with E-state index in [4.69, 9.17) is 21.1 Å². The summed E-state index contributed by atoms with van der Waals surface area (Å²) >= 11 is 6.13. The summed E-state index contributed by atoms with van der Waals surface area (Å²) in [4.78, 5) is 29.1. The summed E-state index contributed by atoms with van der Waals surface area (Å²) in [5.41, 5.74) is 2.40. The Bertz CT molecular complexity index is 1110. The molecule has 0 bridgehead atoms. The maximum atomic E-state index is 12.5. The number of esters is 1. The first kappa shape index (κ1) is 22.3. The van der Waals surface area contributed by atoms with Gasteiger partial charge >= 0.3 is 5.97 Å². The molecule has 1 unspecified atom stereocenters. The number of para-hydroxylation sites is 1. The van der Waals surface area contributed by atoms with E-state index >= 15 is 0 Å². The molecule has 2 heterocycles. The van der Waals surface area contributed by atoms with E-state index in [0.29, 0.717) is 11.6 Å². The van der Waals surface area contributed by atoms with Crippen LogP contribution in [0, 0.1) is 13.8 Å². The lowest BCUT2D eigenvalue weighted by Crippen LogP contribution is -2.31. The van der Waals surface area contributed by atoms with Crippen molar-refractivity contribution in [3.05, 3.63) is 70.1 Å². The number of carbonyl (C=O) groups excluding carboxylic acids is 2. The van der Waals surface area contributed by atoms with Gasteiger partial charge in [0.15, 0.2) is 18.1 Å². The third-order valence-electron chi connectivity index (χ3n) is 4.57. The molecule has 3 aromatic rings. The van der Waals surface area contributed by atoms with Crippen LogP contribution in [0.1, 0.15) is 40.4 Å². The van der Waals surface area contributed by atoms with Gasteiger partial charge < -0.3 is 14.8 Å². The number of nitrogens with one attached hydrogen (secondary N) is 1. The van der Waals surface area contributed by atoms with Crippen molar-refractivity contribution in [3.8, 4) is 11.6 Å². The van der Waals surface area contributed by atoms with Crippen LogP contribution in [0.4, 0.5) is 0 Å². The fourth-order valence-corrected chi connectivity index (χ4v) is 3.32. The molecular formula is C22H23ClN4O4. The molecule has 1 amide bonds. The maximum Gasteiger partial charge on any atom is 0.359 e. The largest absolute Gasteiger partial charge is 0.496 e. The van der Waals surface area contributed by atoms with Gasteiger partial charge in [0.2, 0.25) is 0 Å². The number of rotatable bonds is 7. The maximum absolute atomic E-state index is 12.5. The van der Waals surface area contributed by atoms with Crippen molar-refractivity contribution in [2.24, 2.45) is 0 Å². The number of aromatic nitrogens is 3. The van der Waals surface area contributed by atoms with Crippen LogP contribution in [0.25, 0.3) is 5.82 Å². The molecule has 0 fully saturated rings. The second-order valence-electron chi connectivity index (χ2n) is 6.95. The first-order valence-corrected chi connectivity index (χ1v) is 9.97. The number of halogens is 1. The number of carbonyl (C=O) groups is 2. The van der Waals surface area contributed by atoms with Crippen LogP contribution in [0.15, 0.2) is 42.5 Å². The van der Waals surface area contributed by atoms with Crippen molar-refractivity contribution in [2.45, 2.75) is 26.8 Å². The SMILES string of the molecule is COc1ccccc1C(C)NC(=O)COC(=O)c1nc(-n2nc(C)cc2C)ccc1Cl. The van der Waals surface area contributed by atoms with Crippen molar-refractivity contribution in [1.29, 1.82) is 0 Å². The molecule has 0 spiro atoms. The highest BCUT2D eigenvalue weighted by atomic mass is 35.5. The summed E-state index contributed by atoms with van der Waals surface area (Å²) in [5.74, 6) is -0.175. The van der Waals surface area contributed by atoms with Crippen LogP contribution in [0.5, 0.6) is 5.75 Å². The molecular weight excluding hydrogens is 420 g/mol. The number of ether oxygens (including phenoxy) is 2. The minimum atomic E-state index is -0.798. The van der Waals surface area contributed by atoms with Gasteiger partial charge in [-0.05, 0) is 45.0 Å². The summed E-state index contributed by atoms with van der Waals surface area (Å²) in [6, 6.07) is 12.1. The predicted octanol–water partition coefficient (Wildman–Crippen LogP) is 3.58. The third-order valence-corrected chi connectivity index (χ3v) is 4.87. The Hall–Kier alpha value is -3.39. The molecule has 0 aliphatic heterocycles. The van der Waals surface area contributed by atoms with E-state index in [1.165, 1.54) is 0 Å². The van der Waals surface area contributed by atoms with Crippen molar-refractivity contribution in [1.82, 2.24) is 20.1 Å². The van der Waals surface area contributed by atoms with Gasteiger partial charge in [0.25, 0.3) is 5.91 Å². The quantitative estimate of drug-likeness (QED) is 0.562. The van der Waals surface area contributed by atoms with Crippen LogP contribution in [0.2, 0.25) is 5.02 Å². The third kappa shape index (κ3) is 5.21. The molecule has 31 heavy (non-hydrogen) atoms.